The summed E-state index contributed by atoms with van der Waals surface area (Å²) in [4.78, 5) is 0. The smallest absolute Gasteiger partial charge is 0.346 e. The fourth-order valence-corrected chi connectivity index (χ4v) is 1.65. The van der Waals surface area contributed by atoms with Gasteiger partial charge >= 0.3 is 6.18 Å². The largest absolute Gasteiger partial charge is 0.431 e. The highest BCUT2D eigenvalue weighted by Gasteiger charge is 2.34. The lowest BCUT2D eigenvalue weighted by atomic mass is 10.1. The lowest BCUT2D eigenvalue weighted by Gasteiger charge is -2.05. The fraction of sp³-hybridized carbons (Fsp3) is 0.167. The van der Waals surface area contributed by atoms with Crippen LogP contribution in [-0.4, -0.2) is 4.57 Å². The second kappa shape index (κ2) is 3.91. The zero-order chi connectivity index (χ0) is 12.6. The van der Waals surface area contributed by atoms with Crippen LogP contribution in [0.1, 0.15) is 5.69 Å². The van der Waals surface area contributed by atoms with Gasteiger partial charge in [-0.25, -0.2) is 4.39 Å². The number of hydrogen-bond donors (Lipinski definition) is 0. The molecule has 1 aromatic heterocycles. The van der Waals surface area contributed by atoms with Crippen LogP contribution in [0.15, 0.2) is 36.5 Å². The van der Waals surface area contributed by atoms with E-state index in [0.717, 1.165) is 10.6 Å². The Bertz CT molecular complexity index is 522. The van der Waals surface area contributed by atoms with Crippen molar-refractivity contribution in [1.82, 2.24) is 4.57 Å². The van der Waals surface area contributed by atoms with Gasteiger partial charge in [0.05, 0.1) is 0 Å². The van der Waals surface area contributed by atoms with E-state index >= 15 is 0 Å². The molecular formula is C12H9F4N. The average Bonchev–Trinajstić information content (AvgIpc) is 2.61. The van der Waals surface area contributed by atoms with Gasteiger partial charge in [0.1, 0.15) is 11.5 Å². The van der Waals surface area contributed by atoms with Crippen molar-refractivity contribution >= 4 is 0 Å². The molecule has 0 aliphatic carbocycles. The highest BCUT2D eigenvalue weighted by molar-refractivity contribution is 5.63. The van der Waals surface area contributed by atoms with Gasteiger partial charge in [0.25, 0.3) is 0 Å². The Morgan fingerprint density at radius 3 is 2.06 bits per heavy atom. The van der Waals surface area contributed by atoms with Crippen molar-refractivity contribution in [2.45, 2.75) is 6.18 Å². The molecule has 1 nitrogen and oxygen atoms in total. The number of aromatic nitrogens is 1. The van der Waals surface area contributed by atoms with Crippen LogP contribution in [-0.2, 0) is 13.2 Å². The van der Waals surface area contributed by atoms with Gasteiger partial charge in [-0.3, -0.25) is 0 Å². The standard InChI is InChI=1S/C12H9F4N/c1-17-7-9(6-11(17)12(14,15)16)8-2-4-10(13)5-3-8/h2-7H,1H3. The third kappa shape index (κ3) is 2.33. The molecule has 0 N–H and O–H groups in total. The monoisotopic (exact) mass is 243 g/mol. The molecule has 17 heavy (non-hydrogen) atoms. The van der Waals surface area contributed by atoms with Crippen molar-refractivity contribution in [2.24, 2.45) is 7.05 Å². The molecule has 90 valence electrons. The molecule has 1 aromatic carbocycles. The molecule has 1 heterocycles. The Morgan fingerprint density at radius 1 is 1.00 bits per heavy atom. The third-order valence-electron chi connectivity index (χ3n) is 2.47. The van der Waals surface area contributed by atoms with Crippen molar-refractivity contribution in [3.05, 3.63) is 48.0 Å². The Balaban J connectivity index is 2.45. The minimum absolute atomic E-state index is 0.416. The zero-order valence-electron chi connectivity index (χ0n) is 8.92. The summed E-state index contributed by atoms with van der Waals surface area (Å²) in [5, 5.41) is 0. The number of hydrogen-bond acceptors (Lipinski definition) is 0. The number of aryl methyl sites for hydroxylation is 1. The lowest BCUT2D eigenvalue weighted by Crippen LogP contribution is -2.09. The van der Waals surface area contributed by atoms with Gasteiger partial charge in [-0.2, -0.15) is 13.2 Å². The van der Waals surface area contributed by atoms with Crippen molar-refractivity contribution in [1.29, 1.82) is 0 Å². The van der Waals surface area contributed by atoms with Gasteiger partial charge in [0.15, 0.2) is 0 Å². The second-order valence-electron chi connectivity index (χ2n) is 3.73. The van der Waals surface area contributed by atoms with E-state index in [9.17, 15) is 17.6 Å². The lowest BCUT2D eigenvalue weighted by molar-refractivity contribution is -0.143. The van der Waals surface area contributed by atoms with Crippen molar-refractivity contribution in [3.63, 3.8) is 0 Å². The normalized spacial score (nSPS) is 11.8. The molecule has 0 amide bonds. The summed E-state index contributed by atoms with van der Waals surface area (Å²) in [6, 6.07) is 6.38. The summed E-state index contributed by atoms with van der Waals surface area (Å²) in [7, 11) is 1.33. The molecule has 0 fully saturated rings. The first-order valence-corrected chi connectivity index (χ1v) is 4.87. The molecule has 0 radical (unpaired) electrons. The van der Waals surface area contributed by atoms with E-state index in [1.165, 1.54) is 37.5 Å². The molecule has 0 aliphatic heterocycles. The van der Waals surface area contributed by atoms with Crippen LogP contribution in [0, 0.1) is 5.82 Å². The average molecular weight is 243 g/mol. The summed E-state index contributed by atoms with van der Waals surface area (Å²) < 4.78 is 51.4. The minimum Gasteiger partial charge on any atom is -0.346 e. The van der Waals surface area contributed by atoms with E-state index in [-0.39, 0.29) is 0 Å². The number of rotatable bonds is 1. The van der Waals surface area contributed by atoms with Gasteiger partial charge in [-0.05, 0) is 29.3 Å². The molecular weight excluding hydrogens is 234 g/mol. The van der Waals surface area contributed by atoms with Crippen molar-refractivity contribution in [3.8, 4) is 11.1 Å². The Hall–Kier alpha value is -1.78. The molecule has 0 saturated heterocycles. The quantitative estimate of drug-likeness (QED) is 0.670. The summed E-state index contributed by atoms with van der Waals surface area (Å²) in [5.41, 5.74) is 0.245. The Labute approximate surface area is 95.3 Å². The summed E-state index contributed by atoms with van der Waals surface area (Å²) in [6.45, 7) is 0. The molecule has 2 aromatic rings. The molecule has 2 rings (SSSR count). The van der Waals surface area contributed by atoms with E-state index < -0.39 is 17.7 Å². The zero-order valence-corrected chi connectivity index (χ0v) is 8.92. The molecule has 0 bridgehead atoms. The number of alkyl halides is 3. The topological polar surface area (TPSA) is 4.93 Å². The van der Waals surface area contributed by atoms with E-state index in [1.54, 1.807) is 0 Å². The van der Waals surface area contributed by atoms with Crippen LogP contribution < -0.4 is 0 Å². The molecule has 0 spiro atoms. The Morgan fingerprint density at radius 2 is 1.59 bits per heavy atom. The fourth-order valence-electron chi connectivity index (χ4n) is 1.65. The molecule has 0 aliphatic rings. The summed E-state index contributed by atoms with van der Waals surface area (Å²) in [5.74, 6) is -0.416. The van der Waals surface area contributed by atoms with Crippen LogP contribution in [0.4, 0.5) is 17.6 Å². The van der Waals surface area contributed by atoms with Gasteiger partial charge in [-0.1, -0.05) is 12.1 Å². The predicted molar refractivity (Wildman–Crippen MR) is 55.8 cm³/mol. The van der Waals surface area contributed by atoms with Gasteiger partial charge < -0.3 is 4.57 Å². The summed E-state index contributed by atoms with van der Waals surface area (Å²) >= 11 is 0. The SMILES string of the molecule is Cn1cc(-c2ccc(F)cc2)cc1C(F)(F)F. The third-order valence-corrected chi connectivity index (χ3v) is 2.47. The van der Waals surface area contributed by atoms with E-state index in [0.29, 0.717) is 11.1 Å². The van der Waals surface area contributed by atoms with Crippen molar-refractivity contribution < 1.29 is 17.6 Å². The maximum Gasteiger partial charge on any atom is 0.431 e. The molecule has 0 unspecified atom stereocenters. The second-order valence-corrected chi connectivity index (χ2v) is 3.73. The van der Waals surface area contributed by atoms with Gasteiger partial charge in [0, 0.05) is 13.2 Å². The van der Waals surface area contributed by atoms with Crippen LogP contribution in [0.3, 0.4) is 0 Å². The number of nitrogens with zero attached hydrogens (tertiary/aromatic N) is 1. The first-order valence-electron chi connectivity index (χ1n) is 4.87. The van der Waals surface area contributed by atoms with Crippen LogP contribution in [0.25, 0.3) is 11.1 Å². The van der Waals surface area contributed by atoms with E-state index in [1.807, 2.05) is 0 Å². The highest BCUT2D eigenvalue weighted by atomic mass is 19.4. The predicted octanol–water partition coefficient (Wildman–Crippen LogP) is 3.85. The number of benzene rings is 1. The van der Waals surface area contributed by atoms with Crippen LogP contribution in [0.2, 0.25) is 0 Å². The molecule has 0 saturated carbocycles. The number of halogens is 4. The maximum absolute atomic E-state index is 12.7. The molecule has 5 heteroatoms. The van der Waals surface area contributed by atoms with Gasteiger partial charge in [0.2, 0.25) is 0 Å². The summed E-state index contributed by atoms with van der Waals surface area (Å²) in [6.07, 6.45) is -3.01. The highest BCUT2D eigenvalue weighted by Crippen LogP contribution is 2.33. The Kier molecular flexibility index (Phi) is 2.69. The van der Waals surface area contributed by atoms with Crippen LogP contribution >= 0.6 is 0 Å². The van der Waals surface area contributed by atoms with Crippen LogP contribution in [0.5, 0.6) is 0 Å². The van der Waals surface area contributed by atoms with Gasteiger partial charge in [-0.15, -0.1) is 0 Å². The first-order chi connectivity index (χ1) is 7.88. The van der Waals surface area contributed by atoms with E-state index in [2.05, 4.69) is 0 Å². The minimum atomic E-state index is -4.38. The van der Waals surface area contributed by atoms with E-state index in [4.69, 9.17) is 0 Å². The van der Waals surface area contributed by atoms with Crippen molar-refractivity contribution in [2.75, 3.05) is 0 Å². The first kappa shape index (κ1) is 11.7. The molecule has 0 atom stereocenters. The maximum atomic E-state index is 12.7.